The third kappa shape index (κ3) is 3.17. The first-order chi connectivity index (χ1) is 9.51. The van der Waals surface area contributed by atoms with Crippen molar-refractivity contribution in [2.24, 2.45) is 0 Å². The normalized spacial score (nSPS) is 10.2. The van der Waals surface area contributed by atoms with E-state index in [4.69, 9.17) is 4.74 Å². The van der Waals surface area contributed by atoms with Gasteiger partial charge in [0.25, 0.3) is 5.91 Å². The molecule has 20 heavy (non-hydrogen) atoms. The van der Waals surface area contributed by atoms with Crippen molar-refractivity contribution >= 4 is 27.5 Å². The highest BCUT2D eigenvalue weighted by Crippen LogP contribution is 2.23. The zero-order valence-electron chi connectivity index (χ0n) is 11.0. The van der Waals surface area contributed by atoms with Crippen molar-refractivity contribution in [1.29, 1.82) is 0 Å². The van der Waals surface area contributed by atoms with Gasteiger partial charge in [0.05, 0.1) is 12.7 Å². The number of hydrogen-bond donors (Lipinski definition) is 1. The second kappa shape index (κ2) is 6.05. The van der Waals surface area contributed by atoms with Crippen LogP contribution in [0.1, 0.15) is 15.9 Å². The molecule has 0 saturated heterocycles. The molecule has 1 amide bonds. The van der Waals surface area contributed by atoms with E-state index in [1.165, 1.54) is 19.2 Å². The molecule has 0 atom stereocenters. The average molecular weight is 338 g/mol. The summed E-state index contributed by atoms with van der Waals surface area (Å²) in [4.78, 5) is 12.2. The second-order valence-electron chi connectivity index (χ2n) is 4.26. The zero-order chi connectivity index (χ0) is 14.7. The Morgan fingerprint density at radius 3 is 2.65 bits per heavy atom. The predicted octanol–water partition coefficient (Wildman–Crippen LogP) is 4.16. The monoisotopic (exact) mass is 337 g/mol. The number of carbonyl (C=O) groups is 1. The van der Waals surface area contributed by atoms with Crippen molar-refractivity contribution in [1.82, 2.24) is 0 Å². The van der Waals surface area contributed by atoms with Gasteiger partial charge in [0, 0.05) is 10.2 Å². The molecule has 2 aromatic rings. The maximum Gasteiger partial charge on any atom is 0.259 e. The van der Waals surface area contributed by atoms with Crippen molar-refractivity contribution in [3.8, 4) is 5.75 Å². The van der Waals surface area contributed by atoms with Crippen molar-refractivity contribution in [2.75, 3.05) is 12.4 Å². The van der Waals surface area contributed by atoms with Crippen LogP contribution in [0.4, 0.5) is 10.1 Å². The van der Waals surface area contributed by atoms with Gasteiger partial charge >= 0.3 is 0 Å². The van der Waals surface area contributed by atoms with Gasteiger partial charge in [-0.3, -0.25) is 4.79 Å². The summed E-state index contributed by atoms with van der Waals surface area (Å²) in [6.07, 6.45) is 0. The van der Waals surface area contributed by atoms with E-state index in [1.807, 2.05) is 13.0 Å². The van der Waals surface area contributed by atoms with Crippen LogP contribution in [-0.4, -0.2) is 13.0 Å². The van der Waals surface area contributed by atoms with E-state index in [0.29, 0.717) is 11.4 Å². The Balaban J connectivity index is 2.27. The van der Waals surface area contributed by atoms with Gasteiger partial charge in [-0.2, -0.15) is 0 Å². The van der Waals surface area contributed by atoms with Gasteiger partial charge in [0.15, 0.2) is 0 Å². The fourth-order valence-electron chi connectivity index (χ4n) is 1.73. The summed E-state index contributed by atoms with van der Waals surface area (Å²) in [7, 11) is 1.44. The third-order valence-electron chi connectivity index (χ3n) is 2.84. The maximum atomic E-state index is 13.3. The smallest absolute Gasteiger partial charge is 0.259 e. The number of anilines is 1. The van der Waals surface area contributed by atoms with Crippen LogP contribution >= 0.6 is 15.9 Å². The van der Waals surface area contributed by atoms with E-state index >= 15 is 0 Å². The van der Waals surface area contributed by atoms with Gasteiger partial charge in [-0.1, -0.05) is 22.0 Å². The summed E-state index contributed by atoms with van der Waals surface area (Å²) in [5.41, 5.74) is 1.84. The molecular weight excluding hydrogens is 325 g/mol. The van der Waals surface area contributed by atoms with Gasteiger partial charge in [0.1, 0.15) is 11.6 Å². The number of rotatable bonds is 3. The average Bonchev–Trinajstić information content (AvgIpc) is 2.43. The number of ether oxygens (including phenoxy) is 1. The minimum Gasteiger partial charge on any atom is -0.496 e. The molecular formula is C15H13BrFNO2. The number of amides is 1. The van der Waals surface area contributed by atoms with Crippen LogP contribution in [-0.2, 0) is 0 Å². The fourth-order valence-corrected chi connectivity index (χ4v) is 2.11. The molecule has 3 nitrogen and oxygen atoms in total. The van der Waals surface area contributed by atoms with E-state index in [2.05, 4.69) is 21.2 Å². The van der Waals surface area contributed by atoms with Crippen LogP contribution < -0.4 is 10.1 Å². The summed E-state index contributed by atoms with van der Waals surface area (Å²) in [6, 6.07) is 9.27. The largest absolute Gasteiger partial charge is 0.496 e. The summed E-state index contributed by atoms with van der Waals surface area (Å²) in [5.74, 6) is -0.576. The summed E-state index contributed by atoms with van der Waals surface area (Å²) in [5, 5.41) is 2.71. The van der Waals surface area contributed by atoms with Crippen molar-refractivity contribution in [3.63, 3.8) is 0 Å². The third-order valence-corrected chi connectivity index (χ3v) is 3.69. The summed E-state index contributed by atoms with van der Waals surface area (Å²) in [6.45, 7) is 1.95. The molecule has 0 aliphatic rings. The lowest BCUT2D eigenvalue weighted by molar-refractivity contribution is 0.102. The molecule has 1 N–H and O–H groups in total. The SMILES string of the molecule is COc1ccc(F)cc1C(=O)Nc1ccc(C)c(Br)c1. The molecule has 5 heteroatoms. The van der Waals surface area contributed by atoms with Crippen molar-refractivity contribution in [3.05, 3.63) is 57.8 Å². The number of hydrogen-bond acceptors (Lipinski definition) is 2. The van der Waals surface area contributed by atoms with E-state index in [-0.39, 0.29) is 5.56 Å². The highest BCUT2D eigenvalue weighted by atomic mass is 79.9. The molecule has 2 rings (SSSR count). The van der Waals surface area contributed by atoms with Crippen LogP contribution in [0.25, 0.3) is 0 Å². The molecule has 0 aromatic heterocycles. The fraction of sp³-hybridized carbons (Fsp3) is 0.133. The lowest BCUT2D eigenvalue weighted by Gasteiger charge is -2.10. The summed E-state index contributed by atoms with van der Waals surface area (Å²) < 4.78 is 19.2. The minimum atomic E-state index is -0.485. The van der Waals surface area contributed by atoms with Gasteiger partial charge < -0.3 is 10.1 Å². The first-order valence-corrected chi connectivity index (χ1v) is 6.71. The Hall–Kier alpha value is -1.88. The lowest BCUT2D eigenvalue weighted by atomic mass is 10.1. The molecule has 0 aliphatic heterocycles. The first kappa shape index (κ1) is 14.5. The number of aryl methyl sites for hydroxylation is 1. The van der Waals surface area contributed by atoms with Crippen LogP contribution in [0.2, 0.25) is 0 Å². The Kier molecular flexibility index (Phi) is 4.39. The standard InChI is InChI=1S/C15H13BrFNO2/c1-9-3-5-11(8-13(9)16)18-15(19)12-7-10(17)4-6-14(12)20-2/h3-8H,1-2H3,(H,18,19). The molecule has 0 spiro atoms. The molecule has 104 valence electrons. The second-order valence-corrected chi connectivity index (χ2v) is 5.12. The van der Waals surface area contributed by atoms with E-state index < -0.39 is 11.7 Å². The minimum absolute atomic E-state index is 0.157. The van der Waals surface area contributed by atoms with Gasteiger partial charge in [-0.05, 0) is 42.8 Å². The molecule has 0 fully saturated rings. The highest BCUT2D eigenvalue weighted by Gasteiger charge is 2.14. The van der Waals surface area contributed by atoms with Crippen molar-refractivity contribution in [2.45, 2.75) is 6.92 Å². The Labute approximate surface area is 124 Å². The van der Waals surface area contributed by atoms with Gasteiger partial charge in [0.2, 0.25) is 0 Å². The topological polar surface area (TPSA) is 38.3 Å². The molecule has 0 bridgehead atoms. The van der Waals surface area contributed by atoms with E-state index in [0.717, 1.165) is 16.1 Å². The number of methoxy groups -OCH3 is 1. The van der Waals surface area contributed by atoms with Gasteiger partial charge in [-0.25, -0.2) is 4.39 Å². The number of nitrogens with one attached hydrogen (secondary N) is 1. The molecule has 0 unspecified atom stereocenters. The number of benzene rings is 2. The summed E-state index contributed by atoms with van der Waals surface area (Å²) >= 11 is 3.40. The Morgan fingerprint density at radius 2 is 2.00 bits per heavy atom. The molecule has 0 heterocycles. The molecule has 0 saturated carbocycles. The van der Waals surface area contributed by atoms with Crippen LogP contribution in [0, 0.1) is 12.7 Å². The highest BCUT2D eigenvalue weighted by molar-refractivity contribution is 9.10. The van der Waals surface area contributed by atoms with Gasteiger partial charge in [-0.15, -0.1) is 0 Å². The molecule has 0 radical (unpaired) electrons. The van der Waals surface area contributed by atoms with Crippen molar-refractivity contribution < 1.29 is 13.9 Å². The van der Waals surface area contributed by atoms with Crippen LogP contribution in [0.3, 0.4) is 0 Å². The van der Waals surface area contributed by atoms with E-state index in [1.54, 1.807) is 12.1 Å². The quantitative estimate of drug-likeness (QED) is 0.913. The van der Waals surface area contributed by atoms with E-state index in [9.17, 15) is 9.18 Å². The molecule has 0 aliphatic carbocycles. The maximum absolute atomic E-state index is 13.3. The number of halogens is 2. The molecule has 2 aromatic carbocycles. The zero-order valence-corrected chi connectivity index (χ0v) is 12.6. The van der Waals surface area contributed by atoms with Crippen LogP contribution in [0.5, 0.6) is 5.75 Å². The Bertz CT molecular complexity index is 658. The first-order valence-electron chi connectivity index (χ1n) is 5.92. The van der Waals surface area contributed by atoms with Crippen LogP contribution in [0.15, 0.2) is 40.9 Å². The predicted molar refractivity (Wildman–Crippen MR) is 79.8 cm³/mol. The number of carbonyl (C=O) groups excluding carboxylic acids is 1. The Morgan fingerprint density at radius 1 is 1.25 bits per heavy atom. The lowest BCUT2D eigenvalue weighted by Crippen LogP contribution is -2.13.